The van der Waals surface area contributed by atoms with Crippen molar-refractivity contribution in [3.8, 4) is 0 Å². The zero-order valence-electron chi connectivity index (χ0n) is 7.41. The van der Waals surface area contributed by atoms with Crippen molar-refractivity contribution in [1.82, 2.24) is 10.6 Å². The lowest BCUT2D eigenvalue weighted by atomic mass is 10.3. The SMILES string of the molecule is CCCNCNC(C)CC. The zero-order valence-corrected chi connectivity index (χ0v) is 7.41. The summed E-state index contributed by atoms with van der Waals surface area (Å²) in [5, 5.41) is 6.65. The van der Waals surface area contributed by atoms with Gasteiger partial charge >= 0.3 is 0 Å². The van der Waals surface area contributed by atoms with E-state index in [1.54, 1.807) is 0 Å². The Kier molecular flexibility index (Phi) is 6.98. The maximum atomic E-state index is 3.36. The van der Waals surface area contributed by atoms with E-state index in [1.807, 2.05) is 0 Å². The highest BCUT2D eigenvalue weighted by atomic mass is 15.1. The lowest BCUT2D eigenvalue weighted by molar-refractivity contribution is 0.492. The molecule has 0 amide bonds. The smallest absolute Gasteiger partial charge is 0.0456 e. The van der Waals surface area contributed by atoms with Gasteiger partial charge in [-0.25, -0.2) is 0 Å². The molecule has 2 heteroatoms. The highest BCUT2D eigenvalue weighted by Gasteiger charge is 1.93. The van der Waals surface area contributed by atoms with Crippen LogP contribution in [0.25, 0.3) is 0 Å². The predicted octanol–water partition coefficient (Wildman–Crippen LogP) is 1.33. The van der Waals surface area contributed by atoms with E-state index in [0.717, 1.165) is 13.2 Å². The van der Waals surface area contributed by atoms with Gasteiger partial charge in [-0.2, -0.15) is 0 Å². The van der Waals surface area contributed by atoms with Gasteiger partial charge in [-0.1, -0.05) is 13.8 Å². The van der Waals surface area contributed by atoms with Crippen molar-refractivity contribution in [3.05, 3.63) is 0 Å². The van der Waals surface area contributed by atoms with Crippen molar-refractivity contribution in [2.24, 2.45) is 0 Å². The first-order valence-electron chi connectivity index (χ1n) is 4.25. The highest BCUT2D eigenvalue weighted by Crippen LogP contribution is 1.84. The normalized spacial score (nSPS) is 13.5. The number of nitrogens with one attached hydrogen (secondary N) is 2. The van der Waals surface area contributed by atoms with Gasteiger partial charge in [-0.05, 0) is 26.3 Å². The van der Waals surface area contributed by atoms with Gasteiger partial charge in [0.05, 0.1) is 0 Å². The van der Waals surface area contributed by atoms with Gasteiger partial charge in [-0.3, -0.25) is 0 Å². The molecule has 2 N–H and O–H groups in total. The van der Waals surface area contributed by atoms with Gasteiger partial charge in [0, 0.05) is 12.7 Å². The summed E-state index contributed by atoms with van der Waals surface area (Å²) in [4.78, 5) is 0. The van der Waals surface area contributed by atoms with E-state index < -0.39 is 0 Å². The number of rotatable bonds is 6. The fourth-order valence-corrected chi connectivity index (χ4v) is 0.656. The van der Waals surface area contributed by atoms with E-state index in [2.05, 4.69) is 31.4 Å². The van der Waals surface area contributed by atoms with Crippen LogP contribution in [0.15, 0.2) is 0 Å². The van der Waals surface area contributed by atoms with E-state index >= 15 is 0 Å². The molecule has 1 unspecified atom stereocenters. The summed E-state index contributed by atoms with van der Waals surface area (Å²) >= 11 is 0. The van der Waals surface area contributed by atoms with Crippen LogP contribution < -0.4 is 10.6 Å². The van der Waals surface area contributed by atoms with Crippen LogP contribution in [0.5, 0.6) is 0 Å². The Labute approximate surface area is 64.4 Å². The topological polar surface area (TPSA) is 24.1 Å². The molecule has 0 saturated heterocycles. The standard InChI is InChI=1S/C8H20N2/c1-4-6-9-7-10-8(3)5-2/h8-10H,4-7H2,1-3H3. The molecule has 2 nitrogen and oxygen atoms in total. The first-order chi connectivity index (χ1) is 4.81. The summed E-state index contributed by atoms with van der Waals surface area (Å²) < 4.78 is 0. The van der Waals surface area contributed by atoms with E-state index in [0.29, 0.717) is 6.04 Å². The van der Waals surface area contributed by atoms with Crippen molar-refractivity contribution in [1.29, 1.82) is 0 Å². The molecule has 0 saturated carbocycles. The zero-order chi connectivity index (χ0) is 7.82. The Hall–Kier alpha value is -0.0800. The Morgan fingerprint density at radius 3 is 2.50 bits per heavy atom. The van der Waals surface area contributed by atoms with Crippen molar-refractivity contribution < 1.29 is 0 Å². The average molecular weight is 144 g/mol. The van der Waals surface area contributed by atoms with E-state index in [9.17, 15) is 0 Å². The quantitative estimate of drug-likeness (QED) is 0.434. The third-order valence-corrected chi connectivity index (χ3v) is 1.61. The van der Waals surface area contributed by atoms with Crippen molar-refractivity contribution in [3.63, 3.8) is 0 Å². The molecule has 10 heavy (non-hydrogen) atoms. The second kappa shape index (κ2) is 7.03. The Morgan fingerprint density at radius 2 is 2.00 bits per heavy atom. The van der Waals surface area contributed by atoms with Crippen LogP contribution in [0.2, 0.25) is 0 Å². The molecule has 0 aliphatic carbocycles. The Bertz CT molecular complexity index is 64.3. The van der Waals surface area contributed by atoms with Crippen LogP contribution in [0.3, 0.4) is 0 Å². The molecule has 0 bridgehead atoms. The molecule has 0 fully saturated rings. The number of hydrogen-bond donors (Lipinski definition) is 2. The van der Waals surface area contributed by atoms with Gasteiger partial charge in [0.25, 0.3) is 0 Å². The Morgan fingerprint density at radius 1 is 1.30 bits per heavy atom. The van der Waals surface area contributed by atoms with Gasteiger partial charge < -0.3 is 10.6 Å². The average Bonchev–Trinajstić information content (AvgIpc) is 1.98. The number of hydrogen-bond acceptors (Lipinski definition) is 2. The van der Waals surface area contributed by atoms with Crippen LogP contribution in [0.4, 0.5) is 0 Å². The molecular formula is C8H20N2. The highest BCUT2D eigenvalue weighted by molar-refractivity contribution is 4.55. The first kappa shape index (κ1) is 9.92. The monoisotopic (exact) mass is 144 g/mol. The van der Waals surface area contributed by atoms with E-state index in [-0.39, 0.29) is 0 Å². The molecule has 0 rings (SSSR count). The van der Waals surface area contributed by atoms with Crippen LogP contribution in [0.1, 0.15) is 33.6 Å². The molecule has 0 aliphatic heterocycles. The molecule has 0 aromatic carbocycles. The maximum Gasteiger partial charge on any atom is 0.0456 e. The van der Waals surface area contributed by atoms with Crippen molar-refractivity contribution in [2.75, 3.05) is 13.2 Å². The van der Waals surface area contributed by atoms with Gasteiger partial charge in [-0.15, -0.1) is 0 Å². The summed E-state index contributed by atoms with van der Waals surface area (Å²) in [7, 11) is 0. The predicted molar refractivity (Wildman–Crippen MR) is 46.0 cm³/mol. The summed E-state index contributed by atoms with van der Waals surface area (Å²) in [5.74, 6) is 0. The van der Waals surface area contributed by atoms with Gasteiger partial charge in [0.2, 0.25) is 0 Å². The van der Waals surface area contributed by atoms with Crippen molar-refractivity contribution >= 4 is 0 Å². The minimum atomic E-state index is 0.643. The minimum Gasteiger partial charge on any atom is -0.304 e. The first-order valence-corrected chi connectivity index (χ1v) is 4.25. The van der Waals surface area contributed by atoms with E-state index in [4.69, 9.17) is 0 Å². The second-order valence-corrected chi connectivity index (χ2v) is 2.69. The molecule has 1 atom stereocenters. The second-order valence-electron chi connectivity index (χ2n) is 2.69. The largest absolute Gasteiger partial charge is 0.304 e. The van der Waals surface area contributed by atoms with Crippen LogP contribution in [-0.2, 0) is 0 Å². The maximum absolute atomic E-state index is 3.36. The molecule has 0 radical (unpaired) electrons. The lowest BCUT2D eigenvalue weighted by Crippen LogP contribution is -2.35. The molecule has 62 valence electrons. The van der Waals surface area contributed by atoms with Gasteiger partial charge in [0.15, 0.2) is 0 Å². The third kappa shape index (κ3) is 6.05. The fraction of sp³-hybridized carbons (Fsp3) is 1.00. The fourth-order valence-electron chi connectivity index (χ4n) is 0.656. The van der Waals surface area contributed by atoms with Crippen LogP contribution in [0, 0.1) is 0 Å². The summed E-state index contributed by atoms with van der Waals surface area (Å²) in [6.07, 6.45) is 2.41. The lowest BCUT2D eigenvalue weighted by Gasteiger charge is -2.11. The molecule has 0 aromatic heterocycles. The summed E-state index contributed by atoms with van der Waals surface area (Å²) in [6, 6.07) is 0.643. The van der Waals surface area contributed by atoms with Gasteiger partial charge in [0.1, 0.15) is 0 Å². The summed E-state index contributed by atoms with van der Waals surface area (Å²) in [6.45, 7) is 8.63. The molecule has 0 aromatic rings. The molecule has 0 aliphatic rings. The third-order valence-electron chi connectivity index (χ3n) is 1.61. The van der Waals surface area contributed by atoms with E-state index in [1.165, 1.54) is 12.8 Å². The Balaban J connectivity index is 2.89. The van der Waals surface area contributed by atoms with Crippen LogP contribution in [-0.4, -0.2) is 19.3 Å². The van der Waals surface area contributed by atoms with Crippen molar-refractivity contribution in [2.45, 2.75) is 39.7 Å². The summed E-state index contributed by atoms with van der Waals surface area (Å²) in [5.41, 5.74) is 0. The molecule has 0 spiro atoms. The molecule has 0 heterocycles. The molecular weight excluding hydrogens is 124 g/mol. The van der Waals surface area contributed by atoms with Crippen LogP contribution >= 0.6 is 0 Å². The minimum absolute atomic E-state index is 0.643.